The molecule has 4 bridgehead atoms. The smallest absolute Gasteiger partial charge is 0.305 e. The highest BCUT2D eigenvalue weighted by atomic mass is 32.2. The summed E-state index contributed by atoms with van der Waals surface area (Å²) < 4.78 is 4.87. The first-order chi connectivity index (χ1) is 16.0. The quantitative estimate of drug-likeness (QED) is 0.439. The van der Waals surface area contributed by atoms with Crippen molar-refractivity contribution in [3.8, 4) is 0 Å². The second-order valence-corrected chi connectivity index (χ2v) is 11.9. The van der Waals surface area contributed by atoms with E-state index in [4.69, 9.17) is 9.72 Å². The molecule has 180 valence electrons. The van der Waals surface area contributed by atoms with Gasteiger partial charge >= 0.3 is 5.97 Å². The minimum atomic E-state index is -0.144. The summed E-state index contributed by atoms with van der Waals surface area (Å²) in [6.07, 6.45) is 9.81. The van der Waals surface area contributed by atoms with Gasteiger partial charge < -0.3 is 15.0 Å². The third-order valence-corrected chi connectivity index (χ3v) is 9.56. The Balaban J connectivity index is 1.32. The molecule has 2 heterocycles. The largest absolute Gasteiger partial charge is 0.469 e. The van der Waals surface area contributed by atoms with Crippen LogP contribution in [0.25, 0.3) is 0 Å². The van der Waals surface area contributed by atoms with Crippen LogP contribution in [-0.4, -0.2) is 48.4 Å². The fourth-order valence-corrected chi connectivity index (χ4v) is 7.99. The molecule has 5 aliphatic rings. The summed E-state index contributed by atoms with van der Waals surface area (Å²) >= 11 is 1.68. The zero-order chi connectivity index (χ0) is 23.0. The summed E-state index contributed by atoms with van der Waals surface area (Å²) in [5.41, 5.74) is 0.741. The van der Waals surface area contributed by atoms with Crippen LogP contribution in [0.4, 0.5) is 5.82 Å². The number of pyridine rings is 1. The molecule has 7 heteroatoms. The standard InChI is InChI=1S/C26H37N3O3S/c1-3-9-33-25-21(24(31)28-26-13-18-10-19(14-26)20(11-18)15-26)6-7-22(27-25)29-8-4-5-17(16-29)12-23(30)32-2/h6-7,17-20H,3-5,8-16H2,1-2H3,(H,28,31)/t17-,18?,19?,20?,26?/m0/s1. The highest BCUT2D eigenvalue weighted by Crippen LogP contribution is 2.60. The molecule has 1 N–H and O–H groups in total. The number of hydrogen-bond acceptors (Lipinski definition) is 6. The maximum absolute atomic E-state index is 13.5. The average molecular weight is 472 g/mol. The van der Waals surface area contributed by atoms with E-state index in [1.807, 2.05) is 12.1 Å². The van der Waals surface area contributed by atoms with Gasteiger partial charge in [-0.1, -0.05) is 6.92 Å². The number of carbonyl (C=O) groups excluding carboxylic acids is 2. The number of anilines is 1. The maximum atomic E-state index is 13.5. The van der Waals surface area contributed by atoms with Crippen LogP contribution in [0.1, 0.15) is 75.1 Å². The number of nitrogens with zero attached hydrogens (tertiary/aromatic N) is 2. The summed E-state index contributed by atoms with van der Waals surface area (Å²) in [5.74, 6) is 4.53. The lowest BCUT2D eigenvalue weighted by molar-refractivity contribution is -0.141. The van der Waals surface area contributed by atoms with Crippen LogP contribution >= 0.6 is 11.8 Å². The number of amides is 1. The molecule has 1 aliphatic heterocycles. The molecule has 1 aromatic rings. The van der Waals surface area contributed by atoms with Gasteiger partial charge in [0.1, 0.15) is 10.8 Å². The molecule has 1 aromatic heterocycles. The number of esters is 1. The Bertz CT molecular complexity index is 887. The molecule has 4 saturated carbocycles. The molecule has 5 fully saturated rings. The lowest BCUT2D eigenvalue weighted by atomic mass is 9.76. The minimum Gasteiger partial charge on any atom is -0.469 e. The summed E-state index contributed by atoms with van der Waals surface area (Å²) in [7, 11) is 1.45. The molecule has 1 amide bonds. The van der Waals surface area contributed by atoms with E-state index in [1.54, 1.807) is 11.8 Å². The number of ether oxygens (including phenoxy) is 1. The normalized spacial score (nSPS) is 32.2. The van der Waals surface area contributed by atoms with Crippen molar-refractivity contribution in [1.29, 1.82) is 0 Å². The zero-order valence-electron chi connectivity index (χ0n) is 20.0. The maximum Gasteiger partial charge on any atom is 0.305 e. The molecular formula is C26H37N3O3S. The Morgan fingerprint density at radius 3 is 2.73 bits per heavy atom. The lowest BCUT2D eigenvalue weighted by Crippen LogP contribution is -2.50. The fourth-order valence-electron chi connectivity index (χ4n) is 7.12. The van der Waals surface area contributed by atoms with E-state index in [-0.39, 0.29) is 23.3 Å². The Labute approximate surface area is 201 Å². The number of methoxy groups -OCH3 is 1. The van der Waals surface area contributed by atoms with E-state index < -0.39 is 0 Å². The van der Waals surface area contributed by atoms with Crippen molar-refractivity contribution in [3.05, 3.63) is 17.7 Å². The molecule has 6 nitrogen and oxygen atoms in total. The van der Waals surface area contributed by atoms with Gasteiger partial charge in [0.05, 0.1) is 12.7 Å². The molecule has 2 unspecified atom stereocenters. The zero-order valence-corrected chi connectivity index (χ0v) is 20.8. The van der Waals surface area contributed by atoms with Crippen molar-refractivity contribution >= 4 is 29.5 Å². The van der Waals surface area contributed by atoms with E-state index in [0.717, 1.165) is 91.5 Å². The van der Waals surface area contributed by atoms with Gasteiger partial charge in [0.25, 0.3) is 5.91 Å². The van der Waals surface area contributed by atoms with Crippen molar-refractivity contribution < 1.29 is 14.3 Å². The van der Waals surface area contributed by atoms with Crippen molar-refractivity contribution in [2.24, 2.45) is 23.7 Å². The van der Waals surface area contributed by atoms with Crippen LogP contribution in [0.2, 0.25) is 0 Å². The van der Waals surface area contributed by atoms with Gasteiger partial charge in [0, 0.05) is 25.0 Å². The van der Waals surface area contributed by atoms with Gasteiger partial charge in [0.2, 0.25) is 0 Å². The molecule has 3 atom stereocenters. The molecule has 33 heavy (non-hydrogen) atoms. The molecule has 0 aromatic carbocycles. The number of carbonyl (C=O) groups is 2. The highest BCUT2D eigenvalue weighted by molar-refractivity contribution is 7.99. The van der Waals surface area contributed by atoms with E-state index >= 15 is 0 Å². The molecule has 0 spiro atoms. The predicted octanol–water partition coefficient (Wildman–Crippen LogP) is 4.67. The first-order valence-corrected chi connectivity index (χ1v) is 13.8. The van der Waals surface area contributed by atoms with Gasteiger partial charge in [-0.05, 0) is 92.9 Å². The van der Waals surface area contributed by atoms with Crippen LogP contribution in [0.5, 0.6) is 0 Å². The van der Waals surface area contributed by atoms with E-state index in [2.05, 4.69) is 17.1 Å². The van der Waals surface area contributed by atoms with Gasteiger partial charge in [-0.15, -0.1) is 11.8 Å². The SMILES string of the molecule is CCCSc1nc(N2CCC[C@@H](CC(=O)OC)C2)ccc1C(=O)NC12CC3CC(C1)C(C3)C2. The minimum absolute atomic E-state index is 0.0208. The second kappa shape index (κ2) is 9.47. The van der Waals surface area contributed by atoms with Crippen LogP contribution in [0.3, 0.4) is 0 Å². The second-order valence-electron chi connectivity index (χ2n) is 10.8. The lowest BCUT2D eigenvalue weighted by Gasteiger charge is -2.39. The molecule has 0 radical (unpaired) electrons. The number of aromatic nitrogens is 1. The topological polar surface area (TPSA) is 71.5 Å². The Hall–Kier alpha value is -1.76. The van der Waals surface area contributed by atoms with Gasteiger partial charge in [-0.3, -0.25) is 9.59 Å². The number of piperidine rings is 1. The molecular weight excluding hydrogens is 434 g/mol. The third-order valence-electron chi connectivity index (χ3n) is 8.36. The molecule has 4 aliphatic carbocycles. The van der Waals surface area contributed by atoms with Crippen molar-refractivity contribution in [3.63, 3.8) is 0 Å². The van der Waals surface area contributed by atoms with E-state index in [9.17, 15) is 9.59 Å². The Kier molecular flexibility index (Phi) is 6.60. The monoisotopic (exact) mass is 471 g/mol. The van der Waals surface area contributed by atoms with Crippen LogP contribution in [0, 0.1) is 23.7 Å². The Morgan fingerprint density at radius 1 is 1.24 bits per heavy atom. The van der Waals surface area contributed by atoms with E-state index in [1.165, 1.54) is 20.0 Å². The molecule has 6 rings (SSSR count). The summed E-state index contributed by atoms with van der Waals surface area (Å²) in [6, 6.07) is 3.98. The van der Waals surface area contributed by atoms with E-state index in [0.29, 0.717) is 6.42 Å². The summed E-state index contributed by atoms with van der Waals surface area (Å²) in [5, 5.41) is 4.34. The third kappa shape index (κ3) is 4.75. The predicted molar refractivity (Wildman–Crippen MR) is 131 cm³/mol. The summed E-state index contributed by atoms with van der Waals surface area (Å²) in [6.45, 7) is 3.89. The summed E-state index contributed by atoms with van der Waals surface area (Å²) in [4.78, 5) is 32.5. The van der Waals surface area contributed by atoms with Crippen molar-refractivity contribution in [1.82, 2.24) is 10.3 Å². The number of thioether (sulfide) groups is 1. The first-order valence-electron chi connectivity index (χ1n) is 12.8. The van der Waals surface area contributed by atoms with Crippen LogP contribution in [0.15, 0.2) is 17.2 Å². The van der Waals surface area contributed by atoms with Gasteiger partial charge in [0.15, 0.2) is 0 Å². The first kappa shape index (κ1) is 23.0. The average Bonchev–Trinajstić information content (AvgIpc) is 3.23. The van der Waals surface area contributed by atoms with Gasteiger partial charge in [-0.2, -0.15) is 0 Å². The van der Waals surface area contributed by atoms with Crippen molar-refractivity contribution in [2.75, 3.05) is 30.9 Å². The number of nitrogens with one attached hydrogen (secondary N) is 1. The van der Waals surface area contributed by atoms with Crippen LogP contribution in [-0.2, 0) is 9.53 Å². The van der Waals surface area contributed by atoms with Gasteiger partial charge in [-0.25, -0.2) is 4.98 Å². The fraction of sp³-hybridized carbons (Fsp3) is 0.731. The number of rotatable bonds is 8. The van der Waals surface area contributed by atoms with Crippen molar-refractivity contribution in [2.45, 2.75) is 75.3 Å². The Morgan fingerprint density at radius 2 is 2.03 bits per heavy atom. The number of hydrogen-bond donors (Lipinski definition) is 1. The molecule has 1 saturated heterocycles. The highest BCUT2D eigenvalue weighted by Gasteiger charge is 2.56. The van der Waals surface area contributed by atoms with Crippen LogP contribution < -0.4 is 10.2 Å².